The van der Waals surface area contributed by atoms with Gasteiger partial charge < -0.3 is 15.0 Å². The number of carbonyl (C=O) groups is 1. The Morgan fingerprint density at radius 2 is 2.21 bits per heavy atom. The summed E-state index contributed by atoms with van der Waals surface area (Å²) in [5, 5.41) is 3.48. The van der Waals surface area contributed by atoms with Crippen LogP contribution in [0, 0.1) is 0 Å². The molecule has 4 heteroatoms. The van der Waals surface area contributed by atoms with Gasteiger partial charge in [0.25, 0.3) is 0 Å². The van der Waals surface area contributed by atoms with E-state index in [1.54, 1.807) is 0 Å². The minimum Gasteiger partial charge on any atom is -0.448 e. The molecule has 0 aromatic heterocycles. The first kappa shape index (κ1) is 9.77. The average Bonchev–Trinajstić information content (AvgIpc) is 2.52. The Bertz CT molecular complexity index is 232. The van der Waals surface area contributed by atoms with Crippen molar-refractivity contribution < 1.29 is 9.53 Å². The molecule has 0 aromatic rings. The third-order valence-corrected chi connectivity index (χ3v) is 3.21. The Hall–Kier alpha value is -0.770. The van der Waals surface area contributed by atoms with Crippen molar-refractivity contribution in [1.29, 1.82) is 0 Å². The summed E-state index contributed by atoms with van der Waals surface area (Å²) in [7, 11) is 0. The molecule has 1 amide bonds. The van der Waals surface area contributed by atoms with Crippen molar-refractivity contribution in [2.24, 2.45) is 0 Å². The molecule has 2 saturated heterocycles. The van der Waals surface area contributed by atoms with Crippen LogP contribution >= 0.6 is 0 Å². The second kappa shape index (κ2) is 3.77. The molecule has 0 bridgehead atoms. The van der Waals surface area contributed by atoms with Gasteiger partial charge in [0, 0.05) is 12.1 Å². The second-order valence-corrected chi connectivity index (χ2v) is 4.31. The van der Waals surface area contributed by atoms with Crippen molar-refractivity contribution in [3.8, 4) is 0 Å². The van der Waals surface area contributed by atoms with Gasteiger partial charge in [-0.05, 0) is 26.7 Å². The van der Waals surface area contributed by atoms with E-state index in [-0.39, 0.29) is 6.09 Å². The van der Waals surface area contributed by atoms with E-state index in [4.69, 9.17) is 4.74 Å². The van der Waals surface area contributed by atoms with Gasteiger partial charge in [-0.3, -0.25) is 0 Å². The van der Waals surface area contributed by atoms with Crippen LogP contribution in [-0.4, -0.2) is 42.3 Å². The van der Waals surface area contributed by atoms with Gasteiger partial charge in [0.15, 0.2) is 0 Å². The molecule has 3 atom stereocenters. The van der Waals surface area contributed by atoms with Gasteiger partial charge in [-0.1, -0.05) is 0 Å². The fourth-order valence-electron chi connectivity index (χ4n) is 2.45. The molecule has 0 aliphatic carbocycles. The predicted molar refractivity (Wildman–Crippen MR) is 53.1 cm³/mol. The first-order valence-corrected chi connectivity index (χ1v) is 5.38. The lowest BCUT2D eigenvalue weighted by atomic mass is 9.94. The highest BCUT2D eigenvalue weighted by Crippen LogP contribution is 2.21. The van der Waals surface area contributed by atoms with E-state index in [0.29, 0.717) is 24.7 Å². The van der Waals surface area contributed by atoms with Crippen LogP contribution in [0.1, 0.15) is 26.7 Å². The molecule has 14 heavy (non-hydrogen) atoms. The van der Waals surface area contributed by atoms with Crippen molar-refractivity contribution in [3.63, 3.8) is 0 Å². The van der Waals surface area contributed by atoms with Crippen molar-refractivity contribution in [2.45, 2.75) is 44.8 Å². The molecular formula is C10H18N2O2. The van der Waals surface area contributed by atoms with Gasteiger partial charge in [-0.25, -0.2) is 4.79 Å². The van der Waals surface area contributed by atoms with Crippen LogP contribution in [0.25, 0.3) is 0 Å². The van der Waals surface area contributed by atoms with Crippen molar-refractivity contribution >= 4 is 6.09 Å². The molecule has 1 N–H and O–H groups in total. The third kappa shape index (κ3) is 1.71. The summed E-state index contributed by atoms with van der Waals surface area (Å²) in [5.41, 5.74) is 0. The number of rotatable bonds is 1. The van der Waals surface area contributed by atoms with Gasteiger partial charge in [-0.2, -0.15) is 0 Å². The zero-order chi connectivity index (χ0) is 10.1. The van der Waals surface area contributed by atoms with E-state index in [9.17, 15) is 4.79 Å². The number of ether oxygens (including phenoxy) is 1. The van der Waals surface area contributed by atoms with E-state index < -0.39 is 0 Å². The van der Waals surface area contributed by atoms with E-state index in [1.807, 2.05) is 4.90 Å². The fraction of sp³-hybridized carbons (Fsp3) is 0.900. The van der Waals surface area contributed by atoms with Crippen molar-refractivity contribution in [3.05, 3.63) is 0 Å². The first-order chi connectivity index (χ1) is 6.68. The van der Waals surface area contributed by atoms with Gasteiger partial charge in [0.05, 0.1) is 12.6 Å². The average molecular weight is 198 g/mol. The van der Waals surface area contributed by atoms with Gasteiger partial charge in [-0.15, -0.1) is 0 Å². The molecular weight excluding hydrogens is 180 g/mol. The number of amides is 1. The molecule has 4 nitrogen and oxygen atoms in total. The highest BCUT2D eigenvalue weighted by molar-refractivity contribution is 5.69. The Labute approximate surface area is 84.6 Å². The molecule has 80 valence electrons. The number of hydrogen-bond donors (Lipinski definition) is 1. The van der Waals surface area contributed by atoms with Crippen LogP contribution in [-0.2, 0) is 4.74 Å². The van der Waals surface area contributed by atoms with E-state index in [0.717, 1.165) is 19.4 Å². The summed E-state index contributed by atoms with van der Waals surface area (Å²) in [4.78, 5) is 13.2. The zero-order valence-electron chi connectivity index (χ0n) is 8.82. The number of hydrogen-bond acceptors (Lipinski definition) is 3. The Morgan fingerprint density at radius 1 is 1.43 bits per heavy atom. The largest absolute Gasteiger partial charge is 0.448 e. The molecule has 2 aliphatic rings. The lowest BCUT2D eigenvalue weighted by Crippen LogP contribution is -2.55. The summed E-state index contributed by atoms with van der Waals surface area (Å²) in [6.07, 6.45) is 2.08. The van der Waals surface area contributed by atoms with Crippen LogP contribution in [0.2, 0.25) is 0 Å². The minimum atomic E-state index is -0.141. The molecule has 2 fully saturated rings. The summed E-state index contributed by atoms with van der Waals surface area (Å²) >= 11 is 0. The molecule has 0 radical (unpaired) electrons. The topological polar surface area (TPSA) is 41.6 Å². The maximum absolute atomic E-state index is 11.4. The fourth-order valence-corrected chi connectivity index (χ4v) is 2.45. The number of piperidine rings is 1. The van der Waals surface area contributed by atoms with Crippen molar-refractivity contribution in [1.82, 2.24) is 10.2 Å². The van der Waals surface area contributed by atoms with Gasteiger partial charge in [0.1, 0.15) is 6.61 Å². The van der Waals surface area contributed by atoms with Crippen LogP contribution < -0.4 is 5.32 Å². The Morgan fingerprint density at radius 3 is 2.79 bits per heavy atom. The van der Waals surface area contributed by atoms with Crippen LogP contribution in [0.4, 0.5) is 4.79 Å². The smallest absolute Gasteiger partial charge is 0.410 e. The maximum atomic E-state index is 11.4. The zero-order valence-corrected chi connectivity index (χ0v) is 8.82. The highest BCUT2D eigenvalue weighted by atomic mass is 16.6. The summed E-state index contributed by atoms with van der Waals surface area (Å²) < 4.78 is 4.95. The first-order valence-electron chi connectivity index (χ1n) is 5.38. The molecule has 0 spiro atoms. The summed E-state index contributed by atoms with van der Waals surface area (Å²) in [5.74, 6) is 0. The van der Waals surface area contributed by atoms with Crippen LogP contribution in [0.5, 0.6) is 0 Å². The molecule has 3 unspecified atom stereocenters. The normalized spacial score (nSPS) is 38.6. The Balaban J connectivity index is 2.00. The standard InChI is InChI=1S/C10H18N2O2/c1-7-3-4-9(8(2)11-7)12-5-6-14-10(12)13/h7-9,11H,3-6H2,1-2H3. The summed E-state index contributed by atoms with van der Waals surface area (Å²) in [6, 6.07) is 1.27. The molecule has 2 rings (SSSR count). The lowest BCUT2D eigenvalue weighted by molar-refractivity contribution is 0.125. The number of carbonyl (C=O) groups excluding carboxylic acids is 1. The lowest BCUT2D eigenvalue weighted by Gasteiger charge is -2.38. The SMILES string of the molecule is CC1CCC(N2CCOC2=O)C(C)N1. The Kier molecular flexibility index (Phi) is 2.63. The quantitative estimate of drug-likeness (QED) is 0.682. The molecule has 0 saturated carbocycles. The van der Waals surface area contributed by atoms with Gasteiger partial charge in [0.2, 0.25) is 0 Å². The number of cyclic esters (lactones) is 1. The van der Waals surface area contributed by atoms with Gasteiger partial charge >= 0.3 is 6.09 Å². The molecule has 0 aromatic carbocycles. The maximum Gasteiger partial charge on any atom is 0.410 e. The highest BCUT2D eigenvalue weighted by Gasteiger charge is 2.35. The molecule has 2 aliphatic heterocycles. The predicted octanol–water partition coefficient (Wildman–Crippen LogP) is 0.968. The molecule has 2 heterocycles. The third-order valence-electron chi connectivity index (χ3n) is 3.21. The van der Waals surface area contributed by atoms with E-state index in [2.05, 4.69) is 19.2 Å². The number of nitrogens with zero attached hydrogens (tertiary/aromatic N) is 1. The van der Waals surface area contributed by atoms with E-state index in [1.165, 1.54) is 0 Å². The minimum absolute atomic E-state index is 0.141. The van der Waals surface area contributed by atoms with Crippen LogP contribution in [0.15, 0.2) is 0 Å². The summed E-state index contributed by atoms with van der Waals surface area (Å²) in [6.45, 7) is 5.64. The monoisotopic (exact) mass is 198 g/mol. The second-order valence-electron chi connectivity index (χ2n) is 4.31. The van der Waals surface area contributed by atoms with Crippen LogP contribution in [0.3, 0.4) is 0 Å². The van der Waals surface area contributed by atoms with Crippen molar-refractivity contribution in [2.75, 3.05) is 13.2 Å². The van der Waals surface area contributed by atoms with E-state index >= 15 is 0 Å². The number of nitrogens with one attached hydrogen (secondary N) is 1.